The van der Waals surface area contributed by atoms with Crippen molar-refractivity contribution in [2.45, 2.75) is 165 Å². The summed E-state index contributed by atoms with van der Waals surface area (Å²) in [6.45, 7) is 26.5. The number of nitrogens with one attached hydrogen (secondary N) is 2. The van der Waals surface area contributed by atoms with Crippen molar-refractivity contribution in [2.24, 2.45) is 44.0 Å². The zero-order valence-corrected chi connectivity index (χ0v) is 30.5. The van der Waals surface area contributed by atoms with Crippen LogP contribution in [0.25, 0.3) is 0 Å². The monoisotopic (exact) mass is 626 g/mol. The predicted octanol–water partition coefficient (Wildman–Crippen LogP) is 5.31. The molecule has 0 radical (unpaired) electrons. The topological polar surface area (TPSA) is 163 Å². The smallest absolute Gasteiger partial charge is 0.251 e. The molecule has 0 aromatic heterocycles. The van der Waals surface area contributed by atoms with Gasteiger partial charge in [0.25, 0.3) is 5.91 Å². The number of rotatable bonds is 22. The van der Waals surface area contributed by atoms with Crippen LogP contribution in [-0.2, 0) is 9.59 Å². The lowest BCUT2D eigenvalue weighted by atomic mass is 9.72. The first-order valence-electron chi connectivity index (χ1n) is 16.9. The summed E-state index contributed by atoms with van der Waals surface area (Å²) in [5, 5.41) is 26.3. The zero-order chi connectivity index (χ0) is 34.5. The molecule has 0 spiro atoms. The van der Waals surface area contributed by atoms with Gasteiger partial charge in [0, 0.05) is 37.0 Å². The van der Waals surface area contributed by atoms with Crippen molar-refractivity contribution in [1.82, 2.24) is 10.6 Å². The zero-order valence-electron chi connectivity index (χ0n) is 30.5. The molecule has 2 amide bonds. The number of nitrogens with zero attached hydrogens (tertiary/aromatic N) is 1. The second-order valence-electron chi connectivity index (χ2n) is 17.0. The molecule has 0 rings (SSSR count). The Kier molecular flexibility index (Phi) is 17.7. The Morgan fingerprint density at radius 1 is 0.841 bits per heavy atom. The molecule has 0 aliphatic heterocycles. The third-order valence-electron chi connectivity index (χ3n) is 8.36. The van der Waals surface area contributed by atoms with Crippen molar-refractivity contribution in [1.29, 1.82) is 0 Å². The Morgan fingerprint density at radius 2 is 1.43 bits per heavy atom. The fourth-order valence-corrected chi connectivity index (χ4v) is 6.32. The van der Waals surface area contributed by atoms with E-state index >= 15 is 0 Å². The highest BCUT2D eigenvalue weighted by atomic mass is 16.3. The number of unbranched alkanes of at least 4 members (excludes halogenated alkanes) is 1. The van der Waals surface area contributed by atoms with Crippen molar-refractivity contribution < 1.29 is 19.8 Å². The second-order valence-corrected chi connectivity index (χ2v) is 17.0. The van der Waals surface area contributed by atoms with Crippen LogP contribution in [0.2, 0.25) is 0 Å². The van der Waals surface area contributed by atoms with Gasteiger partial charge >= 0.3 is 0 Å². The molecule has 44 heavy (non-hydrogen) atoms. The van der Waals surface area contributed by atoms with Gasteiger partial charge in [0.05, 0.1) is 11.9 Å². The van der Waals surface area contributed by atoms with E-state index in [4.69, 9.17) is 16.5 Å². The Balaban J connectivity index is 4.77. The lowest BCUT2D eigenvalue weighted by Crippen LogP contribution is -2.46. The molecule has 260 valence electrons. The van der Waals surface area contributed by atoms with E-state index in [1.807, 2.05) is 27.7 Å². The summed E-state index contributed by atoms with van der Waals surface area (Å²) in [7, 11) is 0. The molecule has 4 atom stereocenters. The molecule has 0 fully saturated rings. The number of aliphatic imine (C=N–C) groups is 1. The number of carbonyl (C=O) groups excluding carboxylic acids is 2. The number of hydrogen-bond donors (Lipinski definition) is 6. The molecule has 0 saturated heterocycles. The summed E-state index contributed by atoms with van der Waals surface area (Å²) < 4.78 is 0. The fourth-order valence-electron chi connectivity index (χ4n) is 6.32. The van der Waals surface area contributed by atoms with E-state index in [0.717, 1.165) is 12.3 Å². The van der Waals surface area contributed by atoms with E-state index in [0.29, 0.717) is 31.8 Å². The molecule has 0 bridgehead atoms. The van der Waals surface area contributed by atoms with Crippen LogP contribution < -0.4 is 22.1 Å². The summed E-state index contributed by atoms with van der Waals surface area (Å²) in [4.78, 5) is 29.7. The minimum Gasteiger partial charge on any atom is -0.390 e. The van der Waals surface area contributed by atoms with Gasteiger partial charge in [0.2, 0.25) is 5.91 Å². The normalized spacial score (nSPS) is 16.4. The molecule has 9 heteroatoms. The number of aliphatic hydroxyl groups is 2. The molecule has 0 heterocycles. The minimum absolute atomic E-state index is 0.000989. The molecular formula is C35H71N5O4. The first kappa shape index (κ1) is 42.3. The molecular weight excluding hydrogens is 554 g/mol. The van der Waals surface area contributed by atoms with Crippen LogP contribution in [-0.4, -0.2) is 65.2 Å². The van der Waals surface area contributed by atoms with Crippen molar-refractivity contribution >= 4 is 17.6 Å². The number of nitrogens with two attached hydrogens (primary N) is 2. The Morgan fingerprint density at radius 3 is 1.98 bits per heavy atom. The third kappa shape index (κ3) is 18.9. The Hall–Kier alpha value is -1.71. The standard InChI is InChI=1S/C35H71N5O4/c1-24(2)15-13-14-18-32(5,6)21-35(11,12)31(37)39-23-34(9,10)20-26(4)40-28(42)17-16-27(41)29(43)30(44)38-22-33(7,8)19-25(3)36/h24-27,29,41,43H,13-23,36H2,1-12H3,(H2,37,39)(H,38,44)(H,40,42)/t25?,26?,27-,29+/m1/s1. The van der Waals surface area contributed by atoms with Gasteiger partial charge in [-0.3, -0.25) is 14.6 Å². The summed E-state index contributed by atoms with van der Waals surface area (Å²) in [6, 6.07) is -0.136. The highest BCUT2D eigenvalue weighted by molar-refractivity contribution is 5.86. The average molecular weight is 626 g/mol. The van der Waals surface area contributed by atoms with Crippen LogP contribution in [0.1, 0.15) is 141 Å². The molecule has 0 aliphatic carbocycles. The van der Waals surface area contributed by atoms with Gasteiger partial charge in [-0.05, 0) is 68.1 Å². The quantitative estimate of drug-likeness (QED) is 0.0543. The molecule has 9 nitrogen and oxygen atoms in total. The number of amides is 2. The highest BCUT2D eigenvalue weighted by Gasteiger charge is 2.32. The van der Waals surface area contributed by atoms with Crippen LogP contribution in [0.3, 0.4) is 0 Å². The van der Waals surface area contributed by atoms with Gasteiger partial charge < -0.3 is 32.3 Å². The van der Waals surface area contributed by atoms with Gasteiger partial charge in [-0.1, -0.05) is 88.5 Å². The van der Waals surface area contributed by atoms with Gasteiger partial charge in [0.15, 0.2) is 6.10 Å². The van der Waals surface area contributed by atoms with Crippen molar-refractivity contribution in [2.75, 3.05) is 13.1 Å². The number of amidine groups is 1. The Bertz CT molecular complexity index is 896. The average Bonchev–Trinajstić information content (AvgIpc) is 2.84. The molecule has 0 aromatic carbocycles. The largest absolute Gasteiger partial charge is 0.390 e. The van der Waals surface area contributed by atoms with E-state index in [-0.39, 0.29) is 52.5 Å². The molecule has 0 aromatic rings. The fraction of sp³-hybridized carbons (Fsp3) is 0.914. The second kappa shape index (κ2) is 18.4. The van der Waals surface area contributed by atoms with Crippen LogP contribution in [0.15, 0.2) is 4.99 Å². The van der Waals surface area contributed by atoms with Crippen LogP contribution in [0.4, 0.5) is 0 Å². The van der Waals surface area contributed by atoms with Crippen LogP contribution in [0, 0.1) is 27.6 Å². The molecule has 8 N–H and O–H groups in total. The summed E-state index contributed by atoms with van der Waals surface area (Å²) in [5.41, 5.74) is 11.9. The molecule has 0 aliphatic rings. The van der Waals surface area contributed by atoms with Gasteiger partial charge in [0.1, 0.15) is 0 Å². The van der Waals surface area contributed by atoms with Crippen molar-refractivity contribution in [3.8, 4) is 0 Å². The Labute approximate surface area is 270 Å². The van der Waals surface area contributed by atoms with Gasteiger partial charge in [-0.15, -0.1) is 0 Å². The SMILES string of the molecule is CC(C)CCCCC(C)(C)CC(C)(C)C(N)=NCC(C)(C)CC(C)NC(=O)CC[C@@H](O)[C@H](O)C(=O)NCC(C)(C)CC(C)N. The summed E-state index contributed by atoms with van der Waals surface area (Å²) >= 11 is 0. The lowest BCUT2D eigenvalue weighted by molar-refractivity contribution is -0.136. The van der Waals surface area contributed by atoms with Crippen molar-refractivity contribution in [3.63, 3.8) is 0 Å². The van der Waals surface area contributed by atoms with Gasteiger partial charge in [-0.25, -0.2) is 0 Å². The predicted molar refractivity (Wildman–Crippen MR) is 184 cm³/mol. The maximum absolute atomic E-state index is 12.6. The number of carbonyl (C=O) groups is 2. The lowest BCUT2D eigenvalue weighted by Gasteiger charge is -2.35. The minimum atomic E-state index is -1.60. The first-order chi connectivity index (χ1) is 19.9. The first-order valence-corrected chi connectivity index (χ1v) is 16.9. The molecule has 2 unspecified atom stereocenters. The maximum atomic E-state index is 12.6. The number of hydrogen-bond acceptors (Lipinski definition) is 6. The summed E-state index contributed by atoms with van der Waals surface area (Å²) in [5.74, 6) is 0.529. The van der Waals surface area contributed by atoms with E-state index in [2.05, 4.69) is 66.0 Å². The van der Waals surface area contributed by atoms with Crippen LogP contribution >= 0.6 is 0 Å². The maximum Gasteiger partial charge on any atom is 0.251 e. The van der Waals surface area contributed by atoms with E-state index in [1.165, 1.54) is 25.7 Å². The number of aliphatic hydroxyl groups excluding tert-OH is 2. The van der Waals surface area contributed by atoms with Crippen molar-refractivity contribution in [3.05, 3.63) is 0 Å². The van der Waals surface area contributed by atoms with Crippen LogP contribution in [0.5, 0.6) is 0 Å². The van der Waals surface area contributed by atoms with E-state index < -0.39 is 18.1 Å². The highest BCUT2D eigenvalue weighted by Crippen LogP contribution is 2.38. The third-order valence-corrected chi connectivity index (χ3v) is 8.36. The molecule has 0 saturated carbocycles. The van der Waals surface area contributed by atoms with E-state index in [1.54, 1.807) is 0 Å². The summed E-state index contributed by atoms with van der Waals surface area (Å²) in [6.07, 6.45) is 4.35. The van der Waals surface area contributed by atoms with Gasteiger partial charge in [-0.2, -0.15) is 0 Å². The van der Waals surface area contributed by atoms with E-state index in [9.17, 15) is 19.8 Å².